The lowest BCUT2D eigenvalue weighted by Crippen LogP contribution is -1.72. The van der Waals surface area contributed by atoms with Crippen molar-refractivity contribution in [1.29, 1.82) is 0 Å². The van der Waals surface area contributed by atoms with Gasteiger partial charge in [0.15, 0.2) is 0 Å². The lowest BCUT2D eigenvalue weighted by molar-refractivity contribution is 1.06. The maximum absolute atomic E-state index is 5.07. The number of aromatic nitrogens is 3. The van der Waals surface area contributed by atoms with Gasteiger partial charge in [0.1, 0.15) is 12.7 Å². The molecule has 1 rings (SSSR count). The molecule has 0 saturated heterocycles. The van der Waals surface area contributed by atoms with Crippen LogP contribution in [0.15, 0.2) is 12.7 Å². The molecule has 30 valence electrons. The maximum Gasteiger partial charge on any atom is 0.119 e. The summed E-state index contributed by atoms with van der Waals surface area (Å²) >= 11 is 0. The van der Waals surface area contributed by atoms with Crippen molar-refractivity contribution in [3.05, 3.63) is 19.7 Å². The number of nitrogens with zero attached hydrogens (tertiary/aromatic N) is 3. The van der Waals surface area contributed by atoms with Crippen molar-refractivity contribution >= 4 is 0 Å². The van der Waals surface area contributed by atoms with Gasteiger partial charge in [0, 0.05) is 0 Å². The number of hydrogen-bond donors (Lipinski definition) is 0. The van der Waals surface area contributed by atoms with Gasteiger partial charge in [-0.2, -0.15) is 0 Å². The van der Waals surface area contributed by atoms with Crippen LogP contribution in [0.25, 0.3) is 0 Å². The van der Waals surface area contributed by atoms with Crippen LogP contribution in [0.1, 0.15) is 0 Å². The molecule has 0 aliphatic carbocycles. The monoisotopic (exact) mass is 81.0 g/mol. The zero-order valence-corrected chi connectivity index (χ0v) is 3.07. The predicted octanol–water partition coefficient (Wildman–Crippen LogP) is -0.205. The first-order valence-corrected chi connectivity index (χ1v) is 1.49. The fourth-order valence-electron chi connectivity index (χ4n) is 0.209. The molecule has 1 aromatic heterocycles. The Labute approximate surface area is 35.6 Å². The van der Waals surface area contributed by atoms with Crippen LogP contribution >= 0.6 is 0 Å². The molecule has 0 bridgehead atoms. The Kier molecular flexibility index (Phi) is 0.602. The quantitative estimate of drug-likeness (QED) is 0.432. The minimum Gasteiger partial charge on any atom is -0.313 e. The first kappa shape index (κ1) is 3.33. The van der Waals surface area contributed by atoms with Gasteiger partial charge in [0.05, 0.1) is 7.05 Å². The first-order chi connectivity index (χ1) is 2.89. The van der Waals surface area contributed by atoms with E-state index in [1.165, 1.54) is 17.2 Å². The lowest BCUT2D eigenvalue weighted by Gasteiger charge is -1.72. The van der Waals surface area contributed by atoms with Crippen LogP contribution in [0, 0.1) is 7.05 Å². The molecule has 6 heavy (non-hydrogen) atoms. The van der Waals surface area contributed by atoms with Gasteiger partial charge in [-0.05, 0) is 0 Å². The summed E-state index contributed by atoms with van der Waals surface area (Å²) in [4.78, 5) is 0. The van der Waals surface area contributed by atoms with Crippen molar-refractivity contribution < 1.29 is 0 Å². The van der Waals surface area contributed by atoms with E-state index in [2.05, 4.69) is 10.2 Å². The molecule has 0 amide bonds. The van der Waals surface area contributed by atoms with Gasteiger partial charge in [-0.25, -0.2) is 0 Å². The van der Waals surface area contributed by atoms with Crippen LogP contribution in [0.3, 0.4) is 0 Å². The van der Waals surface area contributed by atoms with E-state index in [0.717, 1.165) is 0 Å². The summed E-state index contributed by atoms with van der Waals surface area (Å²) in [5.41, 5.74) is 0. The Bertz CT molecular complexity index is 110. The molecule has 0 spiro atoms. The largest absolute Gasteiger partial charge is 0.313 e. The molecule has 0 unspecified atom stereocenters. The van der Waals surface area contributed by atoms with E-state index in [0.29, 0.717) is 0 Å². The standard InChI is InChI=1S/C3H3N3/c1-6-2-4-5-3-6/h1-3H. The molecule has 3 heteroatoms. The van der Waals surface area contributed by atoms with Crippen molar-refractivity contribution in [3.8, 4) is 0 Å². The van der Waals surface area contributed by atoms with Gasteiger partial charge in [-0.1, -0.05) is 0 Å². The molecule has 0 saturated carbocycles. The normalized spacial score (nSPS) is 8.83. The van der Waals surface area contributed by atoms with Crippen LogP contribution in [0.4, 0.5) is 0 Å². The molecule has 0 fully saturated rings. The van der Waals surface area contributed by atoms with Gasteiger partial charge >= 0.3 is 0 Å². The van der Waals surface area contributed by atoms with Crippen LogP contribution < -0.4 is 0 Å². The highest BCUT2D eigenvalue weighted by molar-refractivity contribution is 4.59. The molecule has 0 aliphatic rings. The molecular formula is C3H3N3. The highest BCUT2D eigenvalue weighted by atomic mass is 15.2. The smallest absolute Gasteiger partial charge is 0.119 e. The molecule has 0 N–H and O–H groups in total. The summed E-state index contributed by atoms with van der Waals surface area (Å²) < 4.78 is 1.28. The predicted molar refractivity (Wildman–Crippen MR) is 19.7 cm³/mol. The van der Waals surface area contributed by atoms with Crippen molar-refractivity contribution in [2.24, 2.45) is 0 Å². The first-order valence-electron chi connectivity index (χ1n) is 1.49. The SMILES string of the molecule is [CH]n1cnnc1. The van der Waals surface area contributed by atoms with E-state index < -0.39 is 0 Å². The molecule has 0 aromatic carbocycles. The zero-order valence-electron chi connectivity index (χ0n) is 3.07. The summed E-state index contributed by atoms with van der Waals surface area (Å²) in [5.74, 6) is 0. The Morgan fingerprint density at radius 3 is 2.00 bits per heavy atom. The van der Waals surface area contributed by atoms with Gasteiger partial charge in [0.25, 0.3) is 0 Å². The van der Waals surface area contributed by atoms with Crippen molar-refractivity contribution in [2.75, 3.05) is 0 Å². The maximum atomic E-state index is 5.07. The van der Waals surface area contributed by atoms with Gasteiger partial charge < -0.3 is 4.57 Å². The molecule has 1 aromatic rings. The Hall–Kier alpha value is -0.860. The Morgan fingerprint density at radius 1 is 1.33 bits per heavy atom. The summed E-state index contributed by atoms with van der Waals surface area (Å²) in [7, 11) is 5.07. The van der Waals surface area contributed by atoms with Crippen molar-refractivity contribution in [3.63, 3.8) is 0 Å². The lowest BCUT2D eigenvalue weighted by atomic mass is 11.1. The van der Waals surface area contributed by atoms with E-state index >= 15 is 0 Å². The van der Waals surface area contributed by atoms with Crippen molar-refractivity contribution in [2.45, 2.75) is 0 Å². The van der Waals surface area contributed by atoms with Crippen LogP contribution in [0.2, 0.25) is 0 Å². The molecule has 0 atom stereocenters. The minimum atomic E-state index is 1.28. The fourth-order valence-corrected chi connectivity index (χ4v) is 0.209. The fraction of sp³-hybridized carbons (Fsp3) is 0. The Balaban J connectivity index is 3.05. The summed E-state index contributed by atoms with van der Waals surface area (Å²) in [6.07, 6.45) is 2.83. The van der Waals surface area contributed by atoms with Gasteiger partial charge in [-0.15, -0.1) is 10.2 Å². The van der Waals surface area contributed by atoms with Crippen molar-refractivity contribution in [1.82, 2.24) is 14.8 Å². The minimum absolute atomic E-state index is 1.28. The summed E-state index contributed by atoms with van der Waals surface area (Å²) in [6.45, 7) is 0. The highest BCUT2D eigenvalue weighted by Gasteiger charge is 1.71. The topological polar surface area (TPSA) is 30.7 Å². The number of rotatable bonds is 0. The van der Waals surface area contributed by atoms with Gasteiger partial charge in [-0.3, -0.25) is 0 Å². The zero-order chi connectivity index (χ0) is 4.41. The van der Waals surface area contributed by atoms with E-state index in [4.69, 9.17) is 7.05 Å². The number of hydrogen-bond acceptors (Lipinski definition) is 2. The van der Waals surface area contributed by atoms with E-state index in [1.54, 1.807) is 0 Å². The molecule has 0 aliphatic heterocycles. The average molecular weight is 81.1 g/mol. The van der Waals surface area contributed by atoms with Crippen LogP contribution in [0.5, 0.6) is 0 Å². The van der Waals surface area contributed by atoms with E-state index in [1.807, 2.05) is 0 Å². The molecule has 1 heterocycles. The molecular weight excluding hydrogens is 78.1 g/mol. The Morgan fingerprint density at radius 2 is 1.83 bits per heavy atom. The second-order valence-electron chi connectivity index (χ2n) is 0.909. The average Bonchev–Trinajstić information content (AvgIpc) is 1.86. The molecule has 3 nitrogen and oxygen atoms in total. The third-order valence-electron chi connectivity index (χ3n) is 0.437. The summed E-state index contributed by atoms with van der Waals surface area (Å²) in [5, 5.41) is 6.82. The second-order valence-corrected chi connectivity index (χ2v) is 0.909. The highest BCUT2D eigenvalue weighted by Crippen LogP contribution is 1.69. The van der Waals surface area contributed by atoms with E-state index in [-0.39, 0.29) is 0 Å². The second kappa shape index (κ2) is 1.08. The summed E-state index contributed by atoms with van der Waals surface area (Å²) in [6, 6.07) is 0. The van der Waals surface area contributed by atoms with Crippen LogP contribution in [-0.2, 0) is 0 Å². The van der Waals surface area contributed by atoms with E-state index in [9.17, 15) is 0 Å². The van der Waals surface area contributed by atoms with Gasteiger partial charge in [0.2, 0.25) is 0 Å². The third-order valence-corrected chi connectivity index (χ3v) is 0.437. The van der Waals surface area contributed by atoms with Crippen LogP contribution in [-0.4, -0.2) is 14.8 Å². The third kappa shape index (κ3) is 0.381. The molecule has 2 radical (unpaired) electrons.